The van der Waals surface area contributed by atoms with Crippen LogP contribution in [-0.2, 0) is 18.4 Å². The molecule has 0 radical (unpaired) electrons. The second-order valence-corrected chi connectivity index (χ2v) is 12.7. The largest absolute Gasteiger partial charge is 0.504 e. The molecule has 2 saturated carbocycles. The minimum absolute atomic E-state index is 0.134. The molecule has 5 aliphatic rings. The van der Waals surface area contributed by atoms with Crippen LogP contribution in [0.2, 0.25) is 0 Å². The van der Waals surface area contributed by atoms with Gasteiger partial charge in [-0.3, -0.25) is 9.80 Å². The summed E-state index contributed by atoms with van der Waals surface area (Å²) in [6, 6.07) is 15.0. The van der Waals surface area contributed by atoms with Crippen LogP contribution in [0.15, 0.2) is 42.5 Å². The van der Waals surface area contributed by atoms with Gasteiger partial charge < -0.3 is 14.9 Å². The summed E-state index contributed by atoms with van der Waals surface area (Å²) in [4.78, 5) is 5.23. The SMILES string of the molecule is CC(C)CN(Cc1ccccc1)[C@H]1CC[C@@]2(O)[C@H]3Cc4ccc(O)c5c4[C@@]2(CCN3CC2CC2)[C@H]1O5. The maximum Gasteiger partial charge on any atom is 0.165 e. The van der Waals surface area contributed by atoms with Crippen molar-refractivity contribution in [2.75, 3.05) is 19.6 Å². The third-order valence-corrected chi connectivity index (χ3v) is 10.0. The Balaban J connectivity index is 1.32. The Labute approximate surface area is 215 Å². The molecule has 1 spiro atoms. The Morgan fingerprint density at radius 1 is 1.08 bits per heavy atom. The fourth-order valence-electron chi connectivity index (χ4n) is 8.43. The molecule has 1 saturated heterocycles. The number of piperidine rings is 1. The van der Waals surface area contributed by atoms with Crippen LogP contribution in [0.1, 0.15) is 62.6 Å². The van der Waals surface area contributed by atoms with Crippen molar-refractivity contribution in [2.24, 2.45) is 11.8 Å². The molecule has 0 amide bonds. The van der Waals surface area contributed by atoms with Crippen molar-refractivity contribution in [1.82, 2.24) is 9.80 Å². The maximum absolute atomic E-state index is 12.8. The molecule has 2 heterocycles. The zero-order chi connectivity index (χ0) is 24.7. The van der Waals surface area contributed by atoms with E-state index >= 15 is 0 Å². The average Bonchev–Trinajstić information content (AvgIpc) is 3.59. The van der Waals surface area contributed by atoms with Crippen molar-refractivity contribution >= 4 is 0 Å². The molecule has 2 aliphatic heterocycles. The summed E-state index contributed by atoms with van der Waals surface area (Å²) in [5.41, 5.74) is 2.46. The molecular weight excluding hydrogens is 448 g/mol. The van der Waals surface area contributed by atoms with E-state index in [1.165, 1.54) is 24.0 Å². The van der Waals surface area contributed by atoms with E-state index in [9.17, 15) is 10.2 Å². The quantitative estimate of drug-likeness (QED) is 0.602. The van der Waals surface area contributed by atoms with E-state index in [-0.39, 0.29) is 23.9 Å². The van der Waals surface area contributed by atoms with Crippen LogP contribution >= 0.6 is 0 Å². The standard InChI is InChI=1S/C31H40N2O3/c1-20(2)17-33(19-21-6-4-3-5-7-21)24-12-13-31(35)26-16-23-10-11-25(34)28-27(23)30(31,29(24)36-28)14-15-32(26)18-22-8-9-22/h3-7,10-11,20,22,24,26,29,34-35H,8-9,12-19H2,1-2H3/t24-,26+,29-,30-,31+/m0/s1. The summed E-state index contributed by atoms with van der Waals surface area (Å²) < 4.78 is 6.85. The summed E-state index contributed by atoms with van der Waals surface area (Å²) in [7, 11) is 0. The van der Waals surface area contributed by atoms with Crippen LogP contribution in [-0.4, -0.2) is 63.4 Å². The van der Waals surface area contributed by atoms with Gasteiger partial charge in [0.15, 0.2) is 11.5 Å². The normalized spacial score (nSPS) is 34.6. The van der Waals surface area contributed by atoms with Crippen LogP contribution in [0.3, 0.4) is 0 Å². The summed E-state index contributed by atoms with van der Waals surface area (Å²) in [6.45, 7) is 8.57. The first kappa shape index (κ1) is 23.1. The van der Waals surface area contributed by atoms with Crippen molar-refractivity contribution in [1.29, 1.82) is 0 Å². The van der Waals surface area contributed by atoms with E-state index in [0.717, 1.165) is 63.3 Å². The van der Waals surface area contributed by atoms with Gasteiger partial charge in [-0.1, -0.05) is 50.2 Å². The topological polar surface area (TPSA) is 56.2 Å². The van der Waals surface area contributed by atoms with Crippen molar-refractivity contribution < 1.29 is 14.9 Å². The number of hydrogen-bond acceptors (Lipinski definition) is 5. The zero-order valence-corrected chi connectivity index (χ0v) is 21.7. The van der Waals surface area contributed by atoms with Gasteiger partial charge in [-0.25, -0.2) is 0 Å². The molecule has 2 aromatic carbocycles. The van der Waals surface area contributed by atoms with Gasteiger partial charge in [-0.05, 0) is 74.1 Å². The highest BCUT2D eigenvalue weighted by Gasteiger charge is 2.73. The van der Waals surface area contributed by atoms with Gasteiger partial charge >= 0.3 is 0 Å². The van der Waals surface area contributed by atoms with Gasteiger partial charge in [0.25, 0.3) is 0 Å². The number of aromatic hydroxyl groups is 1. The highest BCUT2D eigenvalue weighted by Crippen LogP contribution is 2.66. The number of phenolic OH excluding ortho intramolecular Hbond substituents is 1. The lowest BCUT2D eigenvalue weighted by Gasteiger charge is -2.65. The first-order chi connectivity index (χ1) is 17.4. The van der Waals surface area contributed by atoms with Gasteiger partial charge in [0.05, 0.1) is 11.0 Å². The van der Waals surface area contributed by atoms with Crippen LogP contribution in [0.5, 0.6) is 11.5 Å². The molecule has 5 heteroatoms. The number of ether oxygens (including phenoxy) is 1. The first-order valence-electron chi connectivity index (χ1n) is 14.2. The third-order valence-electron chi connectivity index (χ3n) is 10.0. The molecule has 36 heavy (non-hydrogen) atoms. The third kappa shape index (κ3) is 3.25. The molecule has 2 bridgehead atoms. The van der Waals surface area contributed by atoms with E-state index in [4.69, 9.17) is 4.74 Å². The summed E-state index contributed by atoms with van der Waals surface area (Å²) in [5, 5.41) is 23.7. The van der Waals surface area contributed by atoms with E-state index in [2.05, 4.69) is 60.0 Å². The second-order valence-electron chi connectivity index (χ2n) is 12.7. The van der Waals surface area contributed by atoms with Crippen LogP contribution < -0.4 is 4.74 Å². The Morgan fingerprint density at radius 3 is 2.64 bits per heavy atom. The predicted molar refractivity (Wildman–Crippen MR) is 140 cm³/mol. The number of rotatable bonds is 7. The Morgan fingerprint density at radius 2 is 1.89 bits per heavy atom. The first-order valence-corrected chi connectivity index (χ1v) is 14.2. The monoisotopic (exact) mass is 488 g/mol. The molecule has 2 aromatic rings. The number of aliphatic hydroxyl groups is 1. The summed E-state index contributed by atoms with van der Waals surface area (Å²) in [6.07, 6.45) is 5.98. The molecule has 192 valence electrons. The lowest BCUT2D eigenvalue weighted by molar-refractivity contribution is -0.201. The van der Waals surface area contributed by atoms with Crippen molar-refractivity contribution in [3.05, 3.63) is 59.2 Å². The highest BCUT2D eigenvalue weighted by molar-refractivity contribution is 5.62. The molecule has 5 nitrogen and oxygen atoms in total. The lowest BCUT2D eigenvalue weighted by Crippen LogP contribution is -2.78. The van der Waals surface area contributed by atoms with Crippen LogP contribution in [0.4, 0.5) is 0 Å². The number of likely N-dealkylation sites (tertiary alicyclic amines) is 1. The summed E-state index contributed by atoms with van der Waals surface area (Å²) >= 11 is 0. The highest BCUT2D eigenvalue weighted by atomic mass is 16.5. The van der Waals surface area contributed by atoms with Crippen molar-refractivity contribution in [3.63, 3.8) is 0 Å². The number of hydrogen-bond donors (Lipinski definition) is 2. The van der Waals surface area contributed by atoms with E-state index in [1.54, 1.807) is 0 Å². The number of benzene rings is 2. The summed E-state index contributed by atoms with van der Waals surface area (Å²) in [5.74, 6) is 2.22. The lowest BCUT2D eigenvalue weighted by atomic mass is 9.48. The molecule has 7 rings (SSSR count). The smallest absolute Gasteiger partial charge is 0.165 e. The minimum Gasteiger partial charge on any atom is -0.504 e. The fourth-order valence-corrected chi connectivity index (χ4v) is 8.43. The van der Waals surface area contributed by atoms with Crippen molar-refractivity contribution in [2.45, 2.75) is 88.1 Å². The molecule has 2 N–H and O–H groups in total. The molecule has 5 atom stereocenters. The van der Waals surface area contributed by atoms with Gasteiger partial charge in [-0.2, -0.15) is 0 Å². The maximum atomic E-state index is 12.8. The van der Waals surface area contributed by atoms with E-state index < -0.39 is 11.0 Å². The number of phenols is 1. The average molecular weight is 489 g/mol. The molecular formula is C31H40N2O3. The predicted octanol–water partition coefficient (Wildman–Crippen LogP) is 4.48. The van der Waals surface area contributed by atoms with Gasteiger partial charge in [0, 0.05) is 37.3 Å². The van der Waals surface area contributed by atoms with Gasteiger partial charge in [-0.15, -0.1) is 0 Å². The Kier molecular flexibility index (Phi) is 5.26. The molecule has 0 unspecified atom stereocenters. The van der Waals surface area contributed by atoms with Crippen LogP contribution in [0.25, 0.3) is 0 Å². The molecule has 3 aliphatic carbocycles. The minimum atomic E-state index is -0.816. The Bertz CT molecular complexity index is 1150. The van der Waals surface area contributed by atoms with Crippen LogP contribution in [0, 0.1) is 11.8 Å². The van der Waals surface area contributed by atoms with Gasteiger partial charge in [0.1, 0.15) is 6.10 Å². The number of nitrogens with zero attached hydrogens (tertiary/aromatic N) is 2. The van der Waals surface area contributed by atoms with E-state index in [1.807, 2.05) is 6.07 Å². The zero-order valence-electron chi connectivity index (χ0n) is 21.7. The molecule has 3 fully saturated rings. The fraction of sp³-hybridized carbons (Fsp3) is 0.613. The molecule has 0 aromatic heterocycles. The second kappa shape index (κ2) is 8.21. The Hall–Kier alpha value is -2.08. The van der Waals surface area contributed by atoms with E-state index in [0.29, 0.717) is 11.7 Å². The van der Waals surface area contributed by atoms with Crippen molar-refractivity contribution in [3.8, 4) is 11.5 Å². The van der Waals surface area contributed by atoms with Gasteiger partial charge in [0.2, 0.25) is 0 Å².